The summed E-state index contributed by atoms with van der Waals surface area (Å²) in [4.78, 5) is 23.8. The van der Waals surface area contributed by atoms with E-state index < -0.39 is 4.92 Å². The number of ether oxygens (including phenoxy) is 1. The molecule has 0 atom stereocenters. The normalized spacial score (nSPS) is 10.5. The summed E-state index contributed by atoms with van der Waals surface area (Å²) in [5.41, 5.74) is 0.842. The Morgan fingerprint density at radius 1 is 1.25 bits per heavy atom. The van der Waals surface area contributed by atoms with Crippen LogP contribution in [0.2, 0.25) is 0 Å². The molecule has 126 valence electrons. The van der Waals surface area contributed by atoms with Crippen molar-refractivity contribution in [3.8, 4) is 5.75 Å². The van der Waals surface area contributed by atoms with Crippen LogP contribution in [-0.4, -0.2) is 23.2 Å². The monoisotopic (exact) mass is 346 g/mol. The topological polar surface area (TPSA) is 81.5 Å². The van der Waals surface area contributed by atoms with Crippen LogP contribution in [0.25, 0.3) is 0 Å². The Labute approximate surface area is 144 Å². The minimum atomic E-state index is -0.511. The zero-order valence-electron chi connectivity index (χ0n) is 13.6. The number of thioether (sulfide) groups is 1. The van der Waals surface area contributed by atoms with Crippen LogP contribution < -0.4 is 10.1 Å². The Balaban J connectivity index is 2.29. The third kappa shape index (κ3) is 4.26. The van der Waals surface area contributed by atoms with Gasteiger partial charge in [0.05, 0.1) is 29.4 Å². The summed E-state index contributed by atoms with van der Waals surface area (Å²) in [6.45, 7) is 4.11. The van der Waals surface area contributed by atoms with Gasteiger partial charge in [-0.25, -0.2) is 0 Å². The lowest BCUT2D eigenvalue weighted by Gasteiger charge is -2.13. The van der Waals surface area contributed by atoms with Crippen LogP contribution in [0.5, 0.6) is 5.75 Å². The quantitative estimate of drug-likeness (QED) is 0.477. The van der Waals surface area contributed by atoms with Gasteiger partial charge in [0.25, 0.3) is 11.6 Å². The standard InChI is InChI=1S/C17H18N2O4S/c1-11(2)24-16-7-5-4-6-13(16)17(20)18-14-9-8-12(19(21)22)10-15(14)23-3/h4-11H,1-3H3,(H,18,20). The van der Waals surface area contributed by atoms with Gasteiger partial charge in [-0.2, -0.15) is 0 Å². The number of nitro benzene ring substituents is 1. The number of non-ortho nitro benzene ring substituents is 1. The summed E-state index contributed by atoms with van der Waals surface area (Å²) in [6.07, 6.45) is 0. The average Bonchev–Trinajstić information content (AvgIpc) is 2.54. The van der Waals surface area contributed by atoms with Crippen molar-refractivity contribution >= 4 is 29.0 Å². The average molecular weight is 346 g/mol. The fraction of sp³-hybridized carbons (Fsp3) is 0.235. The molecule has 0 aromatic heterocycles. The number of methoxy groups -OCH3 is 1. The van der Waals surface area contributed by atoms with Gasteiger partial charge >= 0.3 is 0 Å². The lowest BCUT2D eigenvalue weighted by molar-refractivity contribution is -0.384. The van der Waals surface area contributed by atoms with Crippen molar-refractivity contribution in [2.45, 2.75) is 24.0 Å². The van der Waals surface area contributed by atoms with Crippen molar-refractivity contribution in [2.75, 3.05) is 12.4 Å². The molecule has 7 heteroatoms. The predicted molar refractivity (Wildman–Crippen MR) is 95.0 cm³/mol. The lowest BCUT2D eigenvalue weighted by Crippen LogP contribution is -2.14. The first kappa shape index (κ1) is 17.8. The Kier molecular flexibility index (Phi) is 5.81. The third-order valence-electron chi connectivity index (χ3n) is 3.14. The van der Waals surface area contributed by atoms with Crippen molar-refractivity contribution in [1.29, 1.82) is 0 Å². The van der Waals surface area contributed by atoms with E-state index in [1.807, 2.05) is 12.1 Å². The summed E-state index contributed by atoms with van der Waals surface area (Å²) in [6, 6.07) is 11.4. The molecule has 0 fully saturated rings. The first-order chi connectivity index (χ1) is 11.4. The summed E-state index contributed by atoms with van der Waals surface area (Å²) in [5.74, 6) is -0.0440. The van der Waals surface area contributed by atoms with Crippen molar-refractivity contribution < 1.29 is 14.5 Å². The molecule has 6 nitrogen and oxygen atoms in total. The summed E-state index contributed by atoms with van der Waals surface area (Å²) in [5, 5.41) is 13.9. The van der Waals surface area contributed by atoms with Crippen molar-refractivity contribution in [3.63, 3.8) is 0 Å². The van der Waals surface area contributed by atoms with Gasteiger partial charge in [-0.3, -0.25) is 14.9 Å². The maximum atomic E-state index is 12.6. The van der Waals surface area contributed by atoms with E-state index in [-0.39, 0.29) is 17.3 Å². The van der Waals surface area contributed by atoms with Crippen LogP contribution in [0.3, 0.4) is 0 Å². The number of rotatable bonds is 6. The fourth-order valence-electron chi connectivity index (χ4n) is 2.10. The smallest absolute Gasteiger partial charge is 0.273 e. The second-order valence-corrected chi connectivity index (χ2v) is 6.88. The van der Waals surface area contributed by atoms with E-state index in [1.54, 1.807) is 23.9 Å². The molecule has 0 aliphatic carbocycles. The van der Waals surface area contributed by atoms with E-state index in [0.717, 1.165) is 4.90 Å². The highest BCUT2D eigenvalue weighted by Crippen LogP contribution is 2.31. The van der Waals surface area contributed by atoms with E-state index in [2.05, 4.69) is 19.2 Å². The van der Waals surface area contributed by atoms with Gasteiger partial charge in [-0.1, -0.05) is 26.0 Å². The number of hydrogen-bond acceptors (Lipinski definition) is 5. The molecular formula is C17H18N2O4S. The molecule has 0 radical (unpaired) electrons. The lowest BCUT2D eigenvalue weighted by atomic mass is 10.2. The molecule has 2 aromatic rings. The van der Waals surface area contributed by atoms with Crippen LogP contribution in [0.1, 0.15) is 24.2 Å². The van der Waals surface area contributed by atoms with E-state index in [1.165, 1.54) is 25.3 Å². The molecule has 24 heavy (non-hydrogen) atoms. The minimum absolute atomic E-state index is 0.0967. The molecule has 1 amide bonds. The van der Waals surface area contributed by atoms with Crippen molar-refractivity contribution in [3.05, 3.63) is 58.1 Å². The summed E-state index contributed by atoms with van der Waals surface area (Å²) >= 11 is 1.60. The second-order valence-electron chi connectivity index (χ2n) is 5.26. The molecule has 0 unspecified atom stereocenters. The number of nitrogens with zero attached hydrogens (tertiary/aromatic N) is 1. The molecule has 0 aliphatic rings. The highest BCUT2D eigenvalue weighted by atomic mass is 32.2. The molecule has 0 spiro atoms. The maximum absolute atomic E-state index is 12.6. The van der Waals surface area contributed by atoms with Crippen molar-refractivity contribution in [2.24, 2.45) is 0 Å². The van der Waals surface area contributed by atoms with Gasteiger partial charge in [0.15, 0.2) is 0 Å². The predicted octanol–water partition coefficient (Wildman–Crippen LogP) is 4.36. The summed E-state index contributed by atoms with van der Waals surface area (Å²) < 4.78 is 5.14. The first-order valence-corrected chi connectivity index (χ1v) is 8.19. The highest BCUT2D eigenvalue weighted by molar-refractivity contribution is 8.00. The van der Waals surface area contributed by atoms with Gasteiger partial charge in [0, 0.05) is 16.2 Å². The number of carbonyl (C=O) groups is 1. The largest absolute Gasteiger partial charge is 0.494 e. The summed E-state index contributed by atoms with van der Waals surface area (Å²) in [7, 11) is 1.40. The van der Waals surface area contributed by atoms with E-state index in [0.29, 0.717) is 16.5 Å². The van der Waals surface area contributed by atoms with Gasteiger partial charge in [-0.15, -0.1) is 11.8 Å². The minimum Gasteiger partial charge on any atom is -0.494 e. The van der Waals surface area contributed by atoms with Gasteiger partial charge in [-0.05, 0) is 18.2 Å². The molecule has 0 aliphatic heterocycles. The van der Waals surface area contributed by atoms with Crippen LogP contribution in [0.15, 0.2) is 47.4 Å². The fourth-order valence-corrected chi connectivity index (χ4v) is 3.05. The molecule has 0 bridgehead atoms. The third-order valence-corrected chi connectivity index (χ3v) is 4.22. The number of nitro groups is 1. The molecule has 0 saturated carbocycles. The number of nitrogens with one attached hydrogen (secondary N) is 1. The molecule has 2 rings (SSSR count). The Morgan fingerprint density at radius 3 is 2.58 bits per heavy atom. The number of anilines is 1. The highest BCUT2D eigenvalue weighted by Gasteiger charge is 2.16. The molecular weight excluding hydrogens is 328 g/mol. The van der Waals surface area contributed by atoms with Crippen molar-refractivity contribution in [1.82, 2.24) is 0 Å². The maximum Gasteiger partial charge on any atom is 0.273 e. The van der Waals surface area contributed by atoms with E-state index >= 15 is 0 Å². The second kappa shape index (κ2) is 7.83. The number of amides is 1. The van der Waals surface area contributed by atoms with E-state index in [9.17, 15) is 14.9 Å². The van der Waals surface area contributed by atoms with Crippen LogP contribution >= 0.6 is 11.8 Å². The van der Waals surface area contributed by atoms with Gasteiger partial charge < -0.3 is 10.1 Å². The Bertz CT molecular complexity index is 762. The molecule has 0 heterocycles. The van der Waals surface area contributed by atoms with Gasteiger partial charge in [0.1, 0.15) is 5.75 Å². The van der Waals surface area contributed by atoms with Crippen LogP contribution in [0.4, 0.5) is 11.4 Å². The number of hydrogen-bond donors (Lipinski definition) is 1. The SMILES string of the molecule is COc1cc([N+](=O)[O-])ccc1NC(=O)c1ccccc1SC(C)C. The number of benzene rings is 2. The van der Waals surface area contributed by atoms with Gasteiger partial charge in [0.2, 0.25) is 0 Å². The van der Waals surface area contributed by atoms with E-state index in [4.69, 9.17) is 4.74 Å². The van der Waals surface area contributed by atoms with Crippen LogP contribution in [0, 0.1) is 10.1 Å². The number of carbonyl (C=O) groups excluding carboxylic acids is 1. The van der Waals surface area contributed by atoms with Crippen LogP contribution in [-0.2, 0) is 0 Å². The first-order valence-electron chi connectivity index (χ1n) is 7.32. The molecule has 0 saturated heterocycles. The zero-order valence-corrected chi connectivity index (χ0v) is 14.4. The Morgan fingerprint density at radius 2 is 1.96 bits per heavy atom. The molecule has 1 N–H and O–H groups in total. The molecule has 2 aromatic carbocycles. The Hall–Kier alpha value is -2.54. The zero-order chi connectivity index (χ0) is 17.7.